The molecule has 1 amide bonds. The van der Waals surface area contributed by atoms with Gasteiger partial charge in [-0.2, -0.15) is 0 Å². The maximum absolute atomic E-state index is 11.6. The summed E-state index contributed by atoms with van der Waals surface area (Å²) in [5.74, 6) is -0.311. The molecule has 0 aliphatic carbocycles. The molecule has 0 radical (unpaired) electrons. The third kappa shape index (κ3) is 2.34. The number of carbonyl (C=O) groups excluding carboxylic acids is 1. The van der Waals surface area contributed by atoms with Gasteiger partial charge in [0.1, 0.15) is 0 Å². The molecule has 5 nitrogen and oxygen atoms in total. The first-order valence-corrected chi connectivity index (χ1v) is 5.60. The van der Waals surface area contributed by atoms with Crippen molar-refractivity contribution in [3.63, 3.8) is 0 Å². The predicted octanol–water partition coefficient (Wildman–Crippen LogP) is 1.71. The van der Waals surface area contributed by atoms with Gasteiger partial charge in [0.15, 0.2) is 5.58 Å². The van der Waals surface area contributed by atoms with E-state index in [9.17, 15) is 9.59 Å². The fourth-order valence-electron chi connectivity index (χ4n) is 1.54. The summed E-state index contributed by atoms with van der Waals surface area (Å²) in [6.45, 7) is 0. The van der Waals surface area contributed by atoms with E-state index in [0.29, 0.717) is 16.8 Å². The van der Waals surface area contributed by atoms with Gasteiger partial charge in [0.05, 0.1) is 5.52 Å². The van der Waals surface area contributed by atoms with Crippen molar-refractivity contribution in [3.8, 4) is 0 Å². The molecule has 0 saturated carbocycles. The Kier molecular flexibility index (Phi) is 3.19. The number of oxazole rings is 1. The van der Waals surface area contributed by atoms with Crippen LogP contribution in [0, 0.1) is 0 Å². The van der Waals surface area contributed by atoms with Gasteiger partial charge in [-0.05, 0) is 12.1 Å². The van der Waals surface area contributed by atoms with Gasteiger partial charge >= 0.3 is 5.76 Å². The zero-order chi connectivity index (χ0) is 12.4. The number of nitrogens with one attached hydrogen (secondary N) is 1. The highest BCUT2D eigenvalue weighted by molar-refractivity contribution is 6.19. The van der Waals surface area contributed by atoms with E-state index in [0.717, 1.165) is 0 Å². The molecule has 6 heteroatoms. The SMILES string of the molecule is CN(C(=O)CCCl)c1ccc2[nH]c(=O)oc2c1. The lowest BCUT2D eigenvalue weighted by molar-refractivity contribution is -0.117. The van der Waals surface area contributed by atoms with Gasteiger partial charge < -0.3 is 9.32 Å². The Morgan fingerprint density at radius 1 is 1.53 bits per heavy atom. The van der Waals surface area contributed by atoms with Crippen LogP contribution in [0.25, 0.3) is 11.1 Å². The van der Waals surface area contributed by atoms with Crippen LogP contribution in [-0.2, 0) is 4.79 Å². The van der Waals surface area contributed by atoms with Gasteiger partial charge in [-0.3, -0.25) is 9.78 Å². The van der Waals surface area contributed by atoms with Crippen molar-refractivity contribution >= 4 is 34.3 Å². The number of aromatic amines is 1. The molecule has 1 aromatic carbocycles. The van der Waals surface area contributed by atoms with E-state index in [4.69, 9.17) is 16.0 Å². The van der Waals surface area contributed by atoms with Crippen LogP contribution in [0.5, 0.6) is 0 Å². The van der Waals surface area contributed by atoms with Gasteiger partial charge in [-0.25, -0.2) is 4.79 Å². The van der Waals surface area contributed by atoms with Crippen molar-refractivity contribution in [1.29, 1.82) is 0 Å². The van der Waals surface area contributed by atoms with E-state index in [1.54, 1.807) is 25.2 Å². The van der Waals surface area contributed by atoms with Gasteiger partial charge in [0.2, 0.25) is 5.91 Å². The molecule has 17 heavy (non-hydrogen) atoms. The summed E-state index contributed by atoms with van der Waals surface area (Å²) >= 11 is 5.51. The van der Waals surface area contributed by atoms with Crippen molar-refractivity contribution in [2.75, 3.05) is 17.8 Å². The van der Waals surface area contributed by atoms with E-state index in [1.165, 1.54) is 4.90 Å². The minimum atomic E-state index is -0.508. The second kappa shape index (κ2) is 4.63. The number of hydrogen-bond acceptors (Lipinski definition) is 3. The number of amides is 1. The van der Waals surface area contributed by atoms with E-state index in [2.05, 4.69) is 4.98 Å². The topological polar surface area (TPSA) is 66.3 Å². The number of fused-ring (bicyclic) bond motifs is 1. The average molecular weight is 255 g/mol. The molecule has 90 valence electrons. The summed E-state index contributed by atoms with van der Waals surface area (Å²) in [6, 6.07) is 5.07. The summed E-state index contributed by atoms with van der Waals surface area (Å²) in [4.78, 5) is 26.6. The van der Waals surface area contributed by atoms with E-state index in [-0.39, 0.29) is 18.2 Å². The monoisotopic (exact) mass is 254 g/mol. The Labute approximate surface area is 102 Å². The first kappa shape index (κ1) is 11.7. The second-order valence-electron chi connectivity index (χ2n) is 3.59. The maximum Gasteiger partial charge on any atom is 0.417 e. The van der Waals surface area contributed by atoms with Crippen molar-refractivity contribution in [1.82, 2.24) is 4.98 Å². The zero-order valence-corrected chi connectivity index (χ0v) is 9.95. The fraction of sp³-hybridized carbons (Fsp3) is 0.273. The van der Waals surface area contributed by atoms with Crippen molar-refractivity contribution in [3.05, 3.63) is 28.7 Å². The van der Waals surface area contributed by atoms with Gasteiger partial charge in [0.25, 0.3) is 0 Å². The normalized spacial score (nSPS) is 10.7. The standard InChI is InChI=1S/C11H11ClN2O3/c1-14(10(15)4-5-12)7-2-3-8-9(6-7)17-11(16)13-8/h2-3,6H,4-5H2,1H3,(H,13,16). The van der Waals surface area contributed by atoms with Gasteiger partial charge in [0, 0.05) is 31.1 Å². The molecule has 0 aliphatic rings. The van der Waals surface area contributed by atoms with Crippen LogP contribution in [0.1, 0.15) is 6.42 Å². The van der Waals surface area contributed by atoms with Gasteiger partial charge in [-0.1, -0.05) is 0 Å². The lowest BCUT2D eigenvalue weighted by Gasteiger charge is -2.16. The summed E-state index contributed by atoms with van der Waals surface area (Å²) in [5, 5.41) is 0. The minimum absolute atomic E-state index is 0.0859. The first-order valence-electron chi connectivity index (χ1n) is 5.07. The Morgan fingerprint density at radius 2 is 2.29 bits per heavy atom. The molecule has 0 saturated heterocycles. The van der Waals surface area contributed by atoms with E-state index in [1.807, 2.05) is 0 Å². The number of carbonyl (C=O) groups is 1. The quantitative estimate of drug-likeness (QED) is 0.848. The largest absolute Gasteiger partial charge is 0.417 e. The van der Waals surface area contributed by atoms with E-state index >= 15 is 0 Å². The number of aromatic nitrogens is 1. The molecule has 0 aliphatic heterocycles. The van der Waals surface area contributed by atoms with Crippen LogP contribution in [0.4, 0.5) is 5.69 Å². The predicted molar refractivity (Wildman–Crippen MR) is 65.6 cm³/mol. The molecule has 0 atom stereocenters. The average Bonchev–Trinajstić information content (AvgIpc) is 2.67. The van der Waals surface area contributed by atoms with Crippen molar-refractivity contribution < 1.29 is 9.21 Å². The summed E-state index contributed by atoms with van der Waals surface area (Å²) in [5.41, 5.74) is 1.70. The highest BCUT2D eigenvalue weighted by Gasteiger charge is 2.11. The smallest absolute Gasteiger partial charge is 0.408 e. The highest BCUT2D eigenvalue weighted by atomic mass is 35.5. The zero-order valence-electron chi connectivity index (χ0n) is 9.20. The molecular formula is C11H11ClN2O3. The lowest BCUT2D eigenvalue weighted by atomic mass is 10.2. The second-order valence-corrected chi connectivity index (χ2v) is 3.96. The number of nitrogens with zero attached hydrogens (tertiary/aromatic N) is 1. The van der Waals surface area contributed by atoms with Crippen molar-refractivity contribution in [2.24, 2.45) is 0 Å². The lowest BCUT2D eigenvalue weighted by Crippen LogP contribution is -2.26. The Bertz CT molecular complexity index is 602. The number of H-pyrrole nitrogens is 1. The summed E-state index contributed by atoms with van der Waals surface area (Å²) in [7, 11) is 1.65. The number of alkyl halides is 1. The first-order chi connectivity index (χ1) is 8.11. The summed E-state index contributed by atoms with van der Waals surface area (Å²) in [6.07, 6.45) is 0.271. The Balaban J connectivity index is 2.35. The molecule has 1 aromatic heterocycles. The number of benzene rings is 1. The van der Waals surface area contributed by atoms with Crippen LogP contribution in [0.15, 0.2) is 27.4 Å². The molecule has 1 N–H and O–H groups in total. The Morgan fingerprint density at radius 3 is 3.00 bits per heavy atom. The molecule has 0 fully saturated rings. The molecule has 0 unspecified atom stereocenters. The number of halogens is 1. The molecule has 0 bridgehead atoms. The van der Waals surface area contributed by atoms with Crippen LogP contribution >= 0.6 is 11.6 Å². The summed E-state index contributed by atoms with van der Waals surface area (Å²) < 4.78 is 4.92. The molecule has 1 heterocycles. The van der Waals surface area contributed by atoms with Gasteiger partial charge in [-0.15, -0.1) is 11.6 Å². The number of rotatable bonds is 3. The fourth-order valence-corrected chi connectivity index (χ4v) is 1.70. The number of hydrogen-bond donors (Lipinski definition) is 1. The Hall–Kier alpha value is -1.75. The molecule has 0 spiro atoms. The molecule has 2 rings (SSSR count). The number of anilines is 1. The highest BCUT2D eigenvalue weighted by Crippen LogP contribution is 2.19. The minimum Gasteiger partial charge on any atom is -0.408 e. The van der Waals surface area contributed by atoms with Crippen LogP contribution < -0.4 is 10.7 Å². The third-order valence-corrected chi connectivity index (χ3v) is 2.66. The molecule has 2 aromatic rings. The van der Waals surface area contributed by atoms with Crippen LogP contribution in [0.2, 0.25) is 0 Å². The van der Waals surface area contributed by atoms with Crippen molar-refractivity contribution in [2.45, 2.75) is 6.42 Å². The maximum atomic E-state index is 11.6. The molecular weight excluding hydrogens is 244 g/mol. The van der Waals surface area contributed by atoms with Crippen LogP contribution in [-0.4, -0.2) is 23.8 Å². The third-order valence-electron chi connectivity index (χ3n) is 2.47. The van der Waals surface area contributed by atoms with E-state index < -0.39 is 5.76 Å². The van der Waals surface area contributed by atoms with Crippen LogP contribution in [0.3, 0.4) is 0 Å².